The second-order valence-corrected chi connectivity index (χ2v) is 7.41. The van der Waals surface area contributed by atoms with E-state index in [-0.39, 0.29) is 18.0 Å². The maximum Gasteiger partial charge on any atom is 0.269 e. The third-order valence-corrected chi connectivity index (χ3v) is 4.56. The Labute approximate surface area is 170 Å². The highest BCUT2D eigenvalue weighted by atomic mass is 16.2. The van der Waals surface area contributed by atoms with Crippen molar-refractivity contribution in [2.75, 3.05) is 11.9 Å². The summed E-state index contributed by atoms with van der Waals surface area (Å²) in [7, 11) is 0. The molecular formula is C22H26N4O3. The standard InChI is InChI=1S/C22H26N4O3/c1-14(2)9-10-24-21(28)17-5-7-18(8-6-17)25-20(27)13-26-16(4)11-15(3)19(12-23)22(26)29/h5-8,11,14H,9-10,13H2,1-4H3,(H,24,28)(H,25,27). The monoisotopic (exact) mass is 394 g/mol. The van der Waals surface area contributed by atoms with E-state index in [9.17, 15) is 14.4 Å². The molecule has 152 valence electrons. The molecule has 2 rings (SSSR count). The zero-order valence-corrected chi connectivity index (χ0v) is 17.2. The molecule has 1 heterocycles. The van der Waals surface area contributed by atoms with E-state index in [2.05, 4.69) is 24.5 Å². The predicted molar refractivity (Wildman–Crippen MR) is 112 cm³/mol. The molecule has 0 saturated heterocycles. The second-order valence-electron chi connectivity index (χ2n) is 7.41. The highest BCUT2D eigenvalue weighted by Gasteiger charge is 2.13. The van der Waals surface area contributed by atoms with Crippen LogP contribution < -0.4 is 16.2 Å². The number of amides is 2. The van der Waals surface area contributed by atoms with Gasteiger partial charge in [0.2, 0.25) is 5.91 Å². The molecule has 7 nitrogen and oxygen atoms in total. The van der Waals surface area contributed by atoms with Crippen molar-refractivity contribution in [2.24, 2.45) is 5.92 Å². The first kappa shape index (κ1) is 21.9. The molecule has 7 heteroatoms. The molecule has 1 aromatic heterocycles. The normalized spacial score (nSPS) is 10.5. The van der Waals surface area contributed by atoms with E-state index >= 15 is 0 Å². The SMILES string of the molecule is Cc1cc(C)n(CC(=O)Nc2ccc(C(=O)NCCC(C)C)cc2)c(=O)c1C#N. The molecule has 0 aliphatic carbocycles. The Morgan fingerprint density at radius 3 is 2.41 bits per heavy atom. The number of rotatable bonds is 7. The van der Waals surface area contributed by atoms with Gasteiger partial charge < -0.3 is 15.2 Å². The van der Waals surface area contributed by atoms with Crippen LogP contribution in [0, 0.1) is 31.1 Å². The lowest BCUT2D eigenvalue weighted by Gasteiger charge is -2.12. The number of carbonyl (C=O) groups excluding carboxylic acids is 2. The number of aromatic nitrogens is 1. The van der Waals surface area contributed by atoms with Gasteiger partial charge in [0.15, 0.2) is 0 Å². The van der Waals surface area contributed by atoms with Crippen molar-refractivity contribution >= 4 is 17.5 Å². The number of nitriles is 1. The van der Waals surface area contributed by atoms with Crippen molar-refractivity contribution < 1.29 is 9.59 Å². The summed E-state index contributed by atoms with van der Waals surface area (Å²) >= 11 is 0. The summed E-state index contributed by atoms with van der Waals surface area (Å²) in [6.07, 6.45) is 0.908. The quantitative estimate of drug-likeness (QED) is 0.753. The van der Waals surface area contributed by atoms with Crippen molar-refractivity contribution in [3.63, 3.8) is 0 Å². The van der Waals surface area contributed by atoms with Gasteiger partial charge >= 0.3 is 0 Å². The second kappa shape index (κ2) is 9.69. The lowest BCUT2D eigenvalue weighted by Crippen LogP contribution is -2.31. The maximum absolute atomic E-state index is 12.4. The molecule has 2 N–H and O–H groups in total. The van der Waals surface area contributed by atoms with Gasteiger partial charge in [-0.15, -0.1) is 0 Å². The number of hydrogen-bond donors (Lipinski definition) is 2. The first-order valence-corrected chi connectivity index (χ1v) is 9.52. The highest BCUT2D eigenvalue weighted by Crippen LogP contribution is 2.11. The summed E-state index contributed by atoms with van der Waals surface area (Å²) in [5.74, 6) is -0.0340. The van der Waals surface area contributed by atoms with Crippen LogP contribution in [0.2, 0.25) is 0 Å². The van der Waals surface area contributed by atoms with Crippen molar-refractivity contribution in [2.45, 2.75) is 40.7 Å². The van der Waals surface area contributed by atoms with Crippen molar-refractivity contribution in [1.29, 1.82) is 5.26 Å². The number of carbonyl (C=O) groups is 2. The van der Waals surface area contributed by atoms with Gasteiger partial charge in [-0.3, -0.25) is 14.4 Å². The molecule has 1 aromatic carbocycles. The molecular weight excluding hydrogens is 368 g/mol. The first-order chi connectivity index (χ1) is 13.7. The van der Waals surface area contributed by atoms with Gasteiger partial charge in [-0.2, -0.15) is 5.26 Å². The summed E-state index contributed by atoms with van der Waals surface area (Å²) < 4.78 is 1.28. The molecule has 0 spiro atoms. The number of benzene rings is 1. The van der Waals surface area contributed by atoms with E-state index < -0.39 is 11.5 Å². The summed E-state index contributed by atoms with van der Waals surface area (Å²) in [4.78, 5) is 36.9. The predicted octanol–water partition coefficient (Wildman–Crippen LogP) is 2.75. The molecule has 0 fully saturated rings. The van der Waals surface area contributed by atoms with E-state index in [4.69, 9.17) is 5.26 Å². The molecule has 0 radical (unpaired) electrons. The number of aryl methyl sites for hydroxylation is 2. The van der Waals surface area contributed by atoms with Gasteiger partial charge in [0.05, 0.1) is 0 Å². The van der Waals surface area contributed by atoms with Gasteiger partial charge in [-0.25, -0.2) is 0 Å². The van der Waals surface area contributed by atoms with Gasteiger partial charge in [-0.1, -0.05) is 13.8 Å². The number of nitrogens with zero attached hydrogens (tertiary/aromatic N) is 2. The van der Waals surface area contributed by atoms with Crippen LogP contribution in [-0.4, -0.2) is 22.9 Å². The van der Waals surface area contributed by atoms with Crippen molar-refractivity contribution in [1.82, 2.24) is 9.88 Å². The third kappa shape index (κ3) is 5.79. The van der Waals surface area contributed by atoms with Crippen molar-refractivity contribution in [3.8, 4) is 6.07 Å². The Kier molecular flexibility index (Phi) is 7.32. The largest absolute Gasteiger partial charge is 0.352 e. The fourth-order valence-corrected chi connectivity index (χ4v) is 2.89. The summed E-state index contributed by atoms with van der Waals surface area (Å²) in [5, 5.41) is 14.7. The average Bonchev–Trinajstić information content (AvgIpc) is 2.65. The van der Waals surface area contributed by atoms with E-state index in [1.54, 1.807) is 44.2 Å². The molecule has 2 aromatic rings. The van der Waals surface area contributed by atoms with E-state index in [0.717, 1.165) is 6.42 Å². The minimum Gasteiger partial charge on any atom is -0.352 e. The smallest absolute Gasteiger partial charge is 0.269 e. The Morgan fingerprint density at radius 1 is 1.17 bits per heavy atom. The summed E-state index contributed by atoms with van der Waals surface area (Å²) in [5.41, 5.74) is 1.79. The van der Waals surface area contributed by atoms with Crippen LogP contribution in [0.25, 0.3) is 0 Å². The van der Waals surface area contributed by atoms with Crippen LogP contribution in [0.3, 0.4) is 0 Å². The molecule has 0 unspecified atom stereocenters. The minimum atomic E-state index is -0.478. The summed E-state index contributed by atoms with van der Waals surface area (Å²) in [6.45, 7) is 8.02. The van der Waals surface area contributed by atoms with Crippen LogP contribution in [0.5, 0.6) is 0 Å². The van der Waals surface area contributed by atoms with Gasteiger partial charge in [0.25, 0.3) is 11.5 Å². The summed E-state index contributed by atoms with van der Waals surface area (Å²) in [6, 6.07) is 10.1. The topological polar surface area (TPSA) is 104 Å². The van der Waals surface area contributed by atoms with E-state index in [1.807, 2.05) is 6.07 Å². The van der Waals surface area contributed by atoms with Gasteiger partial charge in [-0.05, 0) is 62.1 Å². The fourth-order valence-electron chi connectivity index (χ4n) is 2.89. The maximum atomic E-state index is 12.4. The van der Waals surface area contributed by atoms with Crippen LogP contribution in [0.4, 0.5) is 5.69 Å². The number of anilines is 1. The Morgan fingerprint density at radius 2 is 1.83 bits per heavy atom. The fraction of sp³-hybridized carbons (Fsp3) is 0.364. The van der Waals surface area contributed by atoms with Gasteiger partial charge in [0.1, 0.15) is 18.2 Å². The minimum absolute atomic E-state index is 0.0382. The van der Waals surface area contributed by atoms with Crippen LogP contribution >= 0.6 is 0 Å². The molecule has 0 aliphatic rings. The zero-order chi connectivity index (χ0) is 21.6. The molecule has 29 heavy (non-hydrogen) atoms. The molecule has 0 saturated carbocycles. The first-order valence-electron chi connectivity index (χ1n) is 9.52. The lowest BCUT2D eigenvalue weighted by atomic mass is 10.1. The molecule has 2 amide bonds. The van der Waals surface area contributed by atoms with Crippen molar-refractivity contribution in [3.05, 3.63) is 63.1 Å². The highest BCUT2D eigenvalue weighted by molar-refractivity contribution is 5.95. The zero-order valence-electron chi connectivity index (χ0n) is 17.2. The average molecular weight is 394 g/mol. The Balaban J connectivity index is 2.03. The Hall–Kier alpha value is -3.40. The van der Waals surface area contributed by atoms with E-state index in [0.29, 0.717) is 35.0 Å². The molecule has 0 atom stereocenters. The lowest BCUT2D eigenvalue weighted by molar-refractivity contribution is -0.116. The third-order valence-electron chi connectivity index (χ3n) is 4.56. The number of pyridine rings is 1. The Bertz CT molecular complexity index is 998. The van der Waals surface area contributed by atoms with Crippen LogP contribution in [-0.2, 0) is 11.3 Å². The van der Waals surface area contributed by atoms with E-state index in [1.165, 1.54) is 4.57 Å². The number of hydrogen-bond acceptors (Lipinski definition) is 4. The molecule has 0 bridgehead atoms. The molecule has 0 aliphatic heterocycles. The number of nitrogens with one attached hydrogen (secondary N) is 2. The van der Waals surface area contributed by atoms with Crippen LogP contribution in [0.15, 0.2) is 35.1 Å². The van der Waals surface area contributed by atoms with Gasteiger partial charge in [0, 0.05) is 23.5 Å². The van der Waals surface area contributed by atoms with Crippen LogP contribution in [0.1, 0.15) is 47.4 Å².